The van der Waals surface area contributed by atoms with Crippen molar-refractivity contribution >= 4 is 34.3 Å². The van der Waals surface area contributed by atoms with Crippen molar-refractivity contribution in [3.05, 3.63) is 47.4 Å². The van der Waals surface area contributed by atoms with Crippen LogP contribution in [0.2, 0.25) is 5.02 Å². The van der Waals surface area contributed by atoms with Crippen LogP contribution in [0.1, 0.15) is 25.6 Å². The highest BCUT2D eigenvalue weighted by atomic mass is 35.5. The Kier molecular flexibility index (Phi) is 3.22. The minimum absolute atomic E-state index is 0.128. The average molecular weight is 304 g/mol. The van der Waals surface area contributed by atoms with Gasteiger partial charge in [-0.2, -0.15) is 0 Å². The number of rotatable bonds is 1. The fourth-order valence-electron chi connectivity index (χ4n) is 2.62. The van der Waals surface area contributed by atoms with Crippen molar-refractivity contribution in [2.45, 2.75) is 20.0 Å². The Hall–Kier alpha value is -2.27. The summed E-state index contributed by atoms with van der Waals surface area (Å²) < 4.78 is 0. The van der Waals surface area contributed by atoms with Gasteiger partial charge in [0.25, 0.3) is 0 Å². The van der Waals surface area contributed by atoms with Crippen LogP contribution in [0.25, 0.3) is 10.9 Å². The summed E-state index contributed by atoms with van der Waals surface area (Å²) in [6, 6.07) is 5.50. The number of nitrogens with one attached hydrogen (secondary N) is 1. The molecule has 108 valence electrons. The van der Waals surface area contributed by atoms with Crippen molar-refractivity contribution in [1.29, 1.82) is 0 Å². The Balaban J connectivity index is 2.15. The number of hydrogen-bond donors (Lipinski definition) is 1. The second-order valence-electron chi connectivity index (χ2n) is 4.96. The van der Waals surface area contributed by atoms with E-state index in [1.54, 1.807) is 18.5 Å². The fraction of sp³-hybridized carbons (Fsp3) is 0.200. The van der Waals surface area contributed by atoms with Crippen molar-refractivity contribution in [1.82, 2.24) is 14.8 Å². The molecule has 0 unspecified atom stereocenters. The Morgan fingerprint density at radius 1 is 1.14 bits per heavy atom. The lowest BCUT2D eigenvalue weighted by atomic mass is 10.1. The number of amides is 2. The molecular formula is C15H14ClN3O2. The third-order valence-corrected chi connectivity index (χ3v) is 3.83. The molecule has 3 rings (SSSR count). The number of halogens is 1. The van der Waals surface area contributed by atoms with Gasteiger partial charge < -0.3 is 4.98 Å². The van der Waals surface area contributed by atoms with Gasteiger partial charge >= 0.3 is 0 Å². The number of aromatic amines is 1. The van der Waals surface area contributed by atoms with Gasteiger partial charge in [0.2, 0.25) is 11.8 Å². The van der Waals surface area contributed by atoms with E-state index < -0.39 is 6.17 Å². The standard InChI is InChI=1S/C15H14ClN3O2/c1-9(20)18-5-6-19(10(2)21)15(18)13-8-17-14-4-3-11(16)7-12(13)14/h3-8,15,17H,1-2H3. The van der Waals surface area contributed by atoms with Crippen LogP contribution in [0.5, 0.6) is 0 Å². The van der Waals surface area contributed by atoms with Gasteiger partial charge in [0.1, 0.15) is 6.17 Å². The van der Waals surface area contributed by atoms with E-state index in [1.807, 2.05) is 18.3 Å². The normalized spacial score (nSPS) is 15.2. The van der Waals surface area contributed by atoms with E-state index in [0.29, 0.717) is 5.02 Å². The molecule has 0 saturated heterocycles. The minimum Gasteiger partial charge on any atom is -0.361 e. The molecule has 1 aliphatic heterocycles. The number of benzene rings is 1. The molecule has 0 radical (unpaired) electrons. The lowest BCUT2D eigenvalue weighted by molar-refractivity contribution is -0.135. The van der Waals surface area contributed by atoms with E-state index in [1.165, 1.54) is 23.6 Å². The summed E-state index contributed by atoms with van der Waals surface area (Å²) in [7, 11) is 0. The number of aromatic nitrogens is 1. The molecule has 1 aromatic carbocycles. The Bertz CT molecular complexity index is 741. The first kappa shape index (κ1) is 13.7. The minimum atomic E-state index is -0.479. The summed E-state index contributed by atoms with van der Waals surface area (Å²) in [4.78, 5) is 29.9. The van der Waals surface area contributed by atoms with E-state index in [-0.39, 0.29) is 11.8 Å². The van der Waals surface area contributed by atoms with Crippen molar-refractivity contribution in [2.24, 2.45) is 0 Å². The van der Waals surface area contributed by atoms with Crippen molar-refractivity contribution in [3.8, 4) is 0 Å². The molecule has 0 spiro atoms. The predicted octanol–water partition coefficient (Wildman–Crippen LogP) is 3.00. The monoisotopic (exact) mass is 303 g/mol. The molecule has 2 amide bonds. The first-order valence-electron chi connectivity index (χ1n) is 6.51. The van der Waals surface area contributed by atoms with Gasteiger partial charge in [0, 0.05) is 53.9 Å². The Morgan fingerprint density at radius 3 is 2.33 bits per heavy atom. The second kappa shape index (κ2) is 4.93. The SMILES string of the molecule is CC(=O)N1C=CN(C(C)=O)C1c1c[nH]c2ccc(Cl)cc12. The lowest BCUT2D eigenvalue weighted by Crippen LogP contribution is -2.35. The fourth-order valence-corrected chi connectivity index (χ4v) is 2.79. The number of H-pyrrole nitrogens is 1. The van der Waals surface area contributed by atoms with Crippen LogP contribution in [-0.2, 0) is 9.59 Å². The summed E-state index contributed by atoms with van der Waals surface area (Å²) in [6.45, 7) is 2.95. The third-order valence-electron chi connectivity index (χ3n) is 3.60. The van der Waals surface area contributed by atoms with Crippen LogP contribution in [-0.4, -0.2) is 26.6 Å². The van der Waals surface area contributed by atoms with Gasteiger partial charge in [-0.3, -0.25) is 19.4 Å². The molecule has 6 heteroatoms. The molecule has 1 N–H and O–H groups in total. The summed E-state index contributed by atoms with van der Waals surface area (Å²) in [5.41, 5.74) is 1.75. The van der Waals surface area contributed by atoms with Gasteiger partial charge in [0.15, 0.2) is 0 Å². The van der Waals surface area contributed by atoms with Crippen LogP contribution >= 0.6 is 11.6 Å². The largest absolute Gasteiger partial charge is 0.361 e. The zero-order valence-corrected chi connectivity index (χ0v) is 12.4. The smallest absolute Gasteiger partial charge is 0.225 e. The highest BCUT2D eigenvalue weighted by Crippen LogP contribution is 2.36. The molecule has 1 aliphatic rings. The van der Waals surface area contributed by atoms with Gasteiger partial charge in [-0.05, 0) is 18.2 Å². The number of fused-ring (bicyclic) bond motifs is 1. The third kappa shape index (κ3) is 2.19. The van der Waals surface area contributed by atoms with E-state index in [4.69, 9.17) is 11.6 Å². The molecule has 0 saturated carbocycles. The topological polar surface area (TPSA) is 56.4 Å². The van der Waals surface area contributed by atoms with Gasteiger partial charge in [-0.25, -0.2) is 0 Å². The number of nitrogens with zero attached hydrogens (tertiary/aromatic N) is 2. The summed E-state index contributed by atoms with van der Waals surface area (Å²) in [6.07, 6.45) is 4.58. The van der Waals surface area contributed by atoms with Crippen molar-refractivity contribution < 1.29 is 9.59 Å². The number of carbonyl (C=O) groups excluding carboxylic acids is 2. The summed E-state index contributed by atoms with van der Waals surface area (Å²) in [5, 5.41) is 1.51. The Morgan fingerprint density at radius 2 is 1.76 bits per heavy atom. The maximum Gasteiger partial charge on any atom is 0.225 e. The molecule has 2 aromatic rings. The summed E-state index contributed by atoms with van der Waals surface area (Å²) in [5.74, 6) is -0.257. The van der Waals surface area contributed by atoms with Crippen LogP contribution in [0.3, 0.4) is 0 Å². The van der Waals surface area contributed by atoms with Gasteiger partial charge in [-0.15, -0.1) is 0 Å². The van der Waals surface area contributed by atoms with Crippen LogP contribution in [0.15, 0.2) is 36.8 Å². The van der Waals surface area contributed by atoms with Gasteiger partial charge in [-0.1, -0.05) is 11.6 Å². The van der Waals surface area contributed by atoms with Crippen LogP contribution in [0.4, 0.5) is 0 Å². The lowest BCUT2D eigenvalue weighted by Gasteiger charge is -2.28. The first-order chi connectivity index (χ1) is 9.99. The van der Waals surface area contributed by atoms with E-state index in [9.17, 15) is 9.59 Å². The Labute approximate surface area is 126 Å². The number of hydrogen-bond acceptors (Lipinski definition) is 2. The zero-order chi connectivity index (χ0) is 15.1. The van der Waals surface area contributed by atoms with Crippen LogP contribution in [0, 0.1) is 0 Å². The maximum absolute atomic E-state index is 11.8. The summed E-state index contributed by atoms with van der Waals surface area (Å²) >= 11 is 6.06. The zero-order valence-electron chi connectivity index (χ0n) is 11.6. The van der Waals surface area contributed by atoms with Crippen LogP contribution < -0.4 is 0 Å². The van der Waals surface area contributed by atoms with E-state index in [0.717, 1.165) is 16.5 Å². The number of carbonyl (C=O) groups is 2. The molecule has 21 heavy (non-hydrogen) atoms. The molecule has 0 bridgehead atoms. The molecule has 2 heterocycles. The molecule has 5 nitrogen and oxygen atoms in total. The molecule has 0 fully saturated rings. The average Bonchev–Trinajstić information content (AvgIpc) is 3.00. The van der Waals surface area contributed by atoms with E-state index in [2.05, 4.69) is 4.98 Å². The van der Waals surface area contributed by atoms with E-state index >= 15 is 0 Å². The van der Waals surface area contributed by atoms with Gasteiger partial charge in [0.05, 0.1) is 0 Å². The first-order valence-corrected chi connectivity index (χ1v) is 6.89. The predicted molar refractivity (Wildman–Crippen MR) is 80.2 cm³/mol. The second-order valence-corrected chi connectivity index (χ2v) is 5.39. The molecule has 0 atom stereocenters. The molecule has 0 aliphatic carbocycles. The van der Waals surface area contributed by atoms with Crippen molar-refractivity contribution in [3.63, 3.8) is 0 Å². The highest BCUT2D eigenvalue weighted by molar-refractivity contribution is 6.31. The highest BCUT2D eigenvalue weighted by Gasteiger charge is 2.34. The quantitative estimate of drug-likeness (QED) is 0.880. The molecule has 1 aromatic heterocycles. The van der Waals surface area contributed by atoms with Crippen molar-refractivity contribution in [2.75, 3.05) is 0 Å². The maximum atomic E-state index is 11.8. The molecular weight excluding hydrogens is 290 g/mol.